The minimum atomic E-state index is 0.268. The summed E-state index contributed by atoms with van der Waals surface area (Å²) in [4.78, 5) is 2.36. The van der Waals surface area contributed by atoms with Crippen LogP contribution in [0.4, 0.5) is 0 Å². The molecule has 3 rings (SSSR count). The van der Waals surface area contributed by atoms with Crippen LogP contribution in [0, 0.1) is 0 Å². The summed E-state index contributed by atoms with van der Waals surface area (Å²) in [6.07, 6.45) is 3.05. The van der Waals surface area contributed by atoms with E-state index in [0.717, 1.165) is 42.0 Å². The maximum absolute atomic E-state index is 6.00. The molecular formula is C15H16BrNO2. The second-order valence-electron chi connectivity index (χ2n) is 4.80. The predicted octanol–water partition coefficient (Wildman–Crippen LogP) is 3.70. The van der Waals surface area contributed by atoms with Crippen molar-refractivity contribution in [3.05, 3.63) is 52.9 Å². The zero-order valence-electron chi connectivity index (χ0n) is 10.6. The maximum atomic E-state index is 6.00. The normalized spacial score (nSPS) is 19.7. The third kappa shape index (κ3) is 3.39. The summed E-state index contributed by atoms with van der Waals surface area (Å²) in [5.41, 5.74) is 0. The van der Waals surface area contributed by atoms with E-state index in [0.29, 0.717) is 0 Å². The molecule has 0 radical (unpaired) electrons. The summed E-state index contributed by atoms with van der Waals surface area (Å²) < 4.78 is 12.4. The molecule has 1 unspecified atom stereocenters. The Hall–Kier alpha value is -1.26. The standard InChI is InChI=1S/C15H16BrNO2/c16-12-3-1-4-13(9-12)19-15-6-7-17(11-15)10-14-5-2-8-18-14/h1-5,8-9,15H,6-7,10-11H2. The maximum Gasteiger partial charge on any atom is 0.120 e. The second kappa shape index (κ2) is 5.80. The van der Waals surface area contributed by atoms with E-state index in [4.69, 9.17) is 9.15 Å². The van der Waals surface area contributed by atoms with Crippen molar-refractivity contribution in [2.75, 3.05) is 13.1 Å². The number of hydrogen-bond acceptors (Lipinski definition) is 3. The lowest BCUT2D eigenvalue weighted by Gasteiger charge is -2.16. The Morgan fingerprint density at radius 1 is 1.32 bits per heavy atom. The first-order valence-electron chi connectivity index (χ1n) is 6.46. The lowest BCUT2D eigenvalue weighted by molar-refractivity contribution is 0.194. The molecule has 1 aliphatic rings. The summed E-state index contributed by atoms with van der Waals surface area (Å²) in [5, 5.41) is 0. The summed E-state index contributed by atoms with van der Waals surface area (Å²) in [5.74, 6) is 1.95. The monoisotopic (exact) mass is 321 g/mol. The van der Waals surface area contributed by atoms with E-state index in [-0.39, 0.29) is 6.10 Å². The highest BCUT2D eigenvalue weighted by Gasteiger charge is 2.24. The van der Waals surface area contributed by atoms with Gasteiger partial charge < -0.3 is 9.15 Å². The Bertz CT molecular complexity index is 527. The first-order chi connectivity index (χ1) is 9.29. The van der Waals surface area contributed by atoms with Gasteiger partial charge in [0, 0.05) is 17.6 Å². The average Bonchev–Trinajstić information content (AvgIpc) is 3.02. The van der Waals surface area contributed by atoms with Crippen LogP contribution >= 0.6 is 15.9 Å². The molecule has 1 fully saturated rings. The Balaban J connectivity index is 1.54. The molecule has 4 heteroatoms. The van der Waals surface area contributed by atoms with Crippen molar-refractivity contribution in [2.45, 2.75) is 19.1 Å². The van der Waals surface area contributed by atoms with Crippen LogP contribution in [-0.2, 0) is 6.54 Å². The number of benzene rings is 1. The van der Waals surface area contributed by atoms with Crippen LogP contribution in [0.25, 0.3) is 0 Å². The fourth-order valence-corrected chi connectivity index (χ4v) is 2.77. The minimum absolute atomic E-state index is 0.268. The van der Waals surface area contributed by atoms with Crippen LogP contribution in [0.5, 0.6) is 5.75 Å². The highest BCUT2D eigenvalue weighted by molar-refractivity contribution is 9.10. The van der Waals surface area contributed by atoms with Gasteiger partial charge >= 0.3 is 0 Å². The summed E-state index contributed by atoms with van der Waals surface area (Å²) in [6.45, 7) is 2.87. The lowest BCUT2D eigenvalue weighted by Crippen LogP contribution is -2.24. The number of halogens is 1. The quantitative estimate of drug-likeness (QED) is 0.858. The molecule has 2 aromatic rings. The molecule has 1 aromatic heterocycles. The van der Waals surface area contributed by atoms with Crippen LogP contribution in [0.3, 0.4) is 0 Å². The van der Waals surface area contributed by atoms with Gasteiger partial charge in [-0.2, -0.15) is 0 Å². The molecule has 3 nitrogen and oxygen atoms in total. The smallest absolute Gasteiger partial charge is 0.120 e. The molecule has 100 valence electrons. The molecule has 0 bridgehead atoms. The predicted molar refractivity (Wildman–Crippen MR) is 77.2 cm³/mol. The molecule has 1 atom stereocenters. The highest BCUT2D eigenvalue weighted by Crippen LogP contribution is 2.22. The van der Waals surface area contributed by atoms with Gasteiger partial charge in [0.2, 0.25) is 0 Å². The van der Waals surface area contributed by atoms with Crippen LogP contribution < -0.4 is 4.74 Å². The SMILES string of the molecule is Brc1cccc(OC2CCN(Cc3ccco3)C2)c1. The van der Waals surface area contributed by atoms with E-state index in [1.54, 1.807) is 6.26 Å². The van der Waals surface area contributed by atoms with Crippen molar-refractivity contribution >= 4 is 15.9 Å². The van der Waals surface area contributed by atoms with Gasteiger partial charge in [-0.1, -0.05) is 22.0 Å². The Labute approximate surface area is 121 Å². The van der Waals surface area contributed by atoms with Gasteiger partial charge in [0.15, 0.2) is 0 Å². The van der Waals surface area contributed by atoms with Crippen LogP contribution in [0.2, 0.25) is 0 Å². The number of hydrogen-bond donors (Lipinski definition) is 0. The Morgan fingerprint density at radius 2 is 2.26 bits per heavy atom. The molecule has 0 saturated carbocycles. The van der Waals surface area contributed by atoms with E-state index in [1.165, 1.54) is 0 Å². The number of furan rings is 1. The van der Waals surface area contributed by atoms with Crippen molar-refractivity contribution in [1.29, 1.82) is 0 Å². The van der Waals surface area contributed by atoms with Gasteiger partial charge in [-0.25, -0.2) is 0 Å². The molecule has 0 aliphatic carbocycles. The summed E-state index contributed by atoms with van der Waals surface area (Å²) >= 11 is 3.46. The fourth-order valence-electron chi connectivity index (χ4n) is 2.39. The molecule has 0 amide bonds. The van der Waals surface area contributed by atoms with E-state index in [2.05, 4.69) is 20.8 Å². The van der Waals surface area contributed by atoms with Gasteiger partial charge in [-0.05, 0) is 36.8 Å². The van der Waals surface area contributed by atoms with Gasteiger partial charge in [-0.15, -0.1) is 0 Å². The van der Waals surface area contributed by atoms with Crippen molar-refractivity contribution in [3.63, 3.8) is 0 Å². The first-order valence-corrected chi connectivity index (χ1v) is 7.26. The first kappa shape index (κ1) is 12.8. The van der Waals surface area contributed by atoms with E-state index in [1.807, 2.05) is 36.4 Å². The van der Waals surface area contributed by atoms with Crippen molar-refractivity contribution < 1.29 is 9.15 Å². The molecule has 1 aromatic carbocycles. The Kier molecular flexibility index (Phi) is 3.89. The zero-order chi connectivity index (χ0) is 13.1. The van der Waals surface area contributed by atoms with Crippen LogP contribution in [-0.4, -0.2) is 24.1 Å². The van der Waals surface area contributed by atoms with E-state index >= 15 is 0 Å². The summed E-state index contributed by atoms with van der Waals surface area (Å²) in [7, 11) is 0. The van der Waals surface area contributed by atoms with E-state index < -0.39 is 0 Å². The largest absolute Gasteiger partial charge is 0.489 e. The number of ether oxygens (including phenoxy) is 1. The molecule has 1 aliphatic heterocycles. The molecule has 1 saturated heterocycles. The third-order valence-corrected chi connectivity index (χ3v) is 3.78. The van der Waals surface area contributed by atoms with Crippen LogP contribution in [0.15, 0.2) is 51.6 Å². The average molecular weight is 322 g/mol. The fraction of sp³-hybridized carbons (Fsp3) is 0.333. The van der Waals surface area contributed by atoms with Gasteiger partial charge in [-0.3, -0.25) is 4.90 Å². The molecule has 19 heavy (non-hydrogen) atoms. The summed E-state index contributed by atoms with van der Waals surface area (Å²) in [6, 6.07) is 12.0. The third-order valence-electron chi connectivity index (χ3n) is 3.29. The van der Waals surface area contributed by atoms with Gasteiger partial charge in [0.25, 0.3) is 0 Å². The number of likely N-dealkylation sites (tertiary alicyclic amines) is 1. The molecule has 0 spiro atoms. The zero-order valence-corrected chi connectivity index (χ0v) is 12.2. The van der Waals surface area contributed by atoms with Gasteiger partial charge in [0.05, 0.1) is 12.8 Å². The Morgan fingerprint density at radius 3 is 3.05 bits per heavy atom. The number of rotatable bonds is 4. The molecule has 0 N–H and O–H groups in total. The number of nitrogens with zero attached hydrogens (tertiary/aromatic N) is 1. The van der Waals surface area contributed by atoms with Crippen molar-refractivity contribution in [1.82, 2.24) is 4.90 Å². The topological polar surface area (TPSA) is 25.6 Å². The van der Waals surface area contributed by atoms with Crippen molar-refractivity contribution in [3.8, 4) is 5.75 Å². The van der Waals surface area contributed by atoms with E-state index in [9.17, 15) is 0 Å². The van der Waals surface area contributed by atoms with Gasteiger partial charge in [0.1, 0.15) is 17.6 Å². The minimum Gasteiger partial charge on any atom is -0.489 e. The molecule has 2 heterocycles. The van der Waals surface area contributed by atoms with Crippen LogP contribution in [0.1, 0.15) is 12.2 Å². The highest BCUT2D eigenvalue weighted by atomic mass is 79.9. The lowest BCUT2D eigenvalue weighted by atomic mass is 10.3. The second-order valence-corrected chi connectivity index (χ2v) is 5.72. The van der Waals surface area contributed by atoms with Crippen molar-refractivity contribution in [2.24, 2.45) is 0 Å². The molecular weight excluding hydrogens is 306 g/mol.